The fourth-order valence-corrected chi connectivity index (χ4v) is 0.863. The van der Waals surface area contributed by atoms with Crippen molar-refractivity contribution in [3.05, 3.63) is 0 Å². The molecule has 0 bridgehead atoms. The van der Waals surface area contributed by atoms with E-state index in [0.717, 1.165) is 0 Å². The van der Waals surface area contributed by atoms with Crippen molar-refractivity contribution in [3.63, 3.8) is 0 Å². The molecule has 0 saturated carbocycles. The highest BCUT2D eigenvalue weighted by Crippen LogP contribution is 2.23. The van der Waals surface area contributed by atoms with Gasteiger partial charge in [-0.05, 0) is 12.2 Å². The summed E-state index contributed by atoms with van der Waals surface area (Å²) in [7, 11) is 0. The minimum Gasteiger partial charge on any atom is -0.460 e. The number of hydrogen-bond donors (Lipinski definition) is 0. The number of thiocarbonyl (C=S) groups is 1. The number of rotatable bonds is 0. The lowest BCUT2D eigenvalue weighted by atomic mass is 9.90. The van der Waals surface area contributed by atoms with Gasteiger partial charge in [0.2, 0.25) is 0 Å². The van der Waals surface area contributed by atoms with Gasteiger partial charge in [-0.1, -0.05) is 20.8 Å². The van der Waals surface area contributed by atoms with Gasteiger partial charge >= 0.3 is 0 Å². The summed E-state index contributed by atoms with van der Waals surface area (Å²) in [4.78, 5) is 3.87. The molecule has 1 aliphatic rings. The third-order valence-electron chi connectivity index (χ3n) is 1.40. The maximum atomic E-state index is 5.23. The van der Waals surface area contributed by atoms with Gasteiger partial charge in [0.1, 0.15) is 6.10 Å². The molecule has 0 aromatic carbocycles. The molecule has 1 heterocycles. The molecule has 0 aromatic heterocycles. The van der Waals surface area contributed by atoms with Crippen LogP contribution in [-0.2, 0) is 4.74 Å². The van der Waals surface area contributed by atoms with Gasteiger partial charge < -0.3 is 4.74 Å². The highest BCUT2D eigenvalue weighted by Gasteiger charge is 2.28. The van der Waals surface area contributed by atoms with Crippen LogP contribution in [0.3, 0.4) is 0 Å². The second-order valence-corrected chi connectivity index (χ2v) is 3.80. The van der Waals surface area contributed by atoms with E-state index in [4.69, 9.17) is 17.0 Å². The Morgan fingerprint density at radius 3 is 2.40 bits per heavy atom. The van der Waals surface area contributed by atoms with Gasteiger partial charge in [0.15, 0.2) is 0 Å². The summed E-state index contributed by atoms with van der Waals surface area (Å²) in [5.74, 6) is 0. The van der Waals surface area contributed by atoms with E-state index in [1.165, 1.54) is 0 Å². The molecule has 0 aliphatic carbocycles. The molecule has 2 nitrogen and oxygen atoms in total. The number of hydrogen-bond acceptors (Lipinski definition) is 2. The van der Waals surface area contributed by atoms with Crippen molar-refractivity contribution in [1.29, 1.82) is 0 Å². The van der Waals surface area contributed by atoms with Crippen LogP contribution in [0.25, 0.3) is 0 Å². The largest absolute Gasteiger partial charge is 0.460 e. The number of aliphatic imine (C=N–C) groups is 1. The summed E-state index contributed by atoms with van der Waals surface area (Å²) in [5.41, 5.74) is 0.101. The Labute approximate surface area is 66.3 Å². The summed E-state index contributed by atoms with van der Waals surface area (Å²) in [5, 5.41) is 0.361. The van der Waals surface area contributed by atoms with Gasteiger partial charge in [-0.2, -0.15) is 0 Å². The van der Waals surface area contributed by atoms with Crippen LogP contribution in [0.2, 0.25) is 0 Å². The standard InChI is InChI=1S/C7H11NOS/c1-7(2,3)5-4-8-6(10)9-5/h4-5H,1-3H3. The Morgan fingerprint density at radius 2 is 2.20 bits per heavy atom. The third-order valence-corrected chi connectivity index (χ3v) is 1.60. The highest BCUT2D eigenvalue weighted by atomic mass is 32.1. The Hall–Kier alpha value is -0.440. The molecule has 56 valence electrons. The molecule has 1 aliphatic heterocycles. The van der Waals surface area contributed by atoms with Gasteiger partial charge in [0, 0.05) is 5.41 Å². The maximum absolute atomic E-state index is 5.23. The van der Waals surface area contributed by atoms with Crippen LogP contribution in [0, 0.1) is 5.41 Å². The zero-order valence-corrected chi connectivity index (χ0v) is 7.23. The Kier molecular flexibility index (Phi) is 1.77. The molecule has 10 heavy (non-hydrogen) atoms. The molecule has 0 saturated heterocycles. The van der Waals surface area contributed by atoms with Crippen molar-refractivity contribution in [2.24, 2.45) is 10.4 Å². The van der Waals surface area contributed by atoms with Crippen LogP contribution in [0.5, 0.6) is 0 Å². The van der Waals surface area contributed by atoms with Crippen LogP contribution in [-0.4, -0.2) is 17.5 Å². The summed E-state index contributed by atoms with van der Waals surface area (Å²) in [6, 6.07) is 0. The predicted octanol–water partition coefficient (Wildman–Crippen LogP) is 1.79. The van der Waals surface area contributed by atoms with Crippen LogP contribution in [0.1, 0.15) is 20.8 Å². The van der Waals surface area contributed by atoms with Crippen molar-refractivity contribution in [2.75, 3.05) is 0 Å². The van der Waals surface area contributed by atoms with Crippen LogP contribution < -0.4 is 0 Å². The van der Waals surface area contributed by atoms with Gasteiger partial charge in [-0.15, -0.1) is 0 Å². The Balaban J connectivity index is 2.63. The van der Waals surface area contributed by atoms with Gasteiger partial charge in [0.25, 0.3) is 5.17 Å². The fraction of sp³-hybridized carbons (Fsp3) is 0.714. The molecular weight excluding hydrogens is 146 g/mol. The maximum Gasteiger partial charge on any atom is 0.283 e. The number of ether oxygens (including phenoxy) is 1. The first-order chi connectivity index (χ1) is 4.50. The lowest BCUT2D eigenvalue weighted by Crippen LogP contribution is -2.27. The van der Waals surface area contributed by atoms with E-state index in [2.05, 4.69) is 25.8 Å². The van der Waals surface area contributed by atoms with Crippen LogP contribution >= 0.6 is 12.2 Å². The van der Waals surface area contributed by atoms with E-state index in [0.29, 0.717) is 5.17 Å². The molecule has 0 fully saturated rings. The number of nitrogens with zero attached hydrogens (tertiary/aromatic N) is 1. The van der Waals surface area contributed by atoms with Crippen LogP contribution in [0.15, 0.2) is 4.99 Å². The lowest BCUT2D eigenvalue weighted by Gasteiger charge is -2.23. The minimum absolute atomic E-state index is 0.0556. The second-order valence-electron chi connectivity index (χ2n) is 3.45. The van der Waals surface area contributed by atoms with E-state index in [1.54, 1.807) is 6.21 Å². The van der Waals surface area contributed by atoms with Gasteiger partial charge in [-0.25, -0.2) is 4.99 Å². The van der Waals surface area contributed by atoms with E-state index < -0.39 is 0 Å². The molecule has 0 amide bonds. The van der Waals surface area contributed by atoms with Crippen molar-refractivity contribution in [3.8, 4) is 0 Å². The van der Waals surface area contributed by atoms with E-state index in [1.807, 2.05) is 0 Å². The SMILES string of the molecule is CC(C)(C)C1C=NC(=S)O1. The van der Waals surface area contributed by atoms with Crippen molar-refractivity contribution in [1.82, 2.24) is 0 Å². The zero-order chi connectivity index (χ0) is 7.78. The molecule has 3 heteroatoms. The molecule has 0 N–H and O–H groups in total. The predicted molar refractivity (Wildman–Crippen MR) is 45.4 cm³/mol. The average Bonchev–Trinajstić information content (AvgIpc) is 2.11. The Morgan fingerprint density at radius 1 is 1.60 bits per heavy atom. The molecule has 1 atom stereocenters. The van der Waals surface area contributed by atoms with E-state index in [9.17, 15) is 0 Å². The summed E-state index contributed by atoms with van der Waals surface area (Å²) >= 11 is 4.74. The van der Waals surface area contributed by atoms with E-state index >= 15 is 0 Å². The summed E-state index contributed by atoms with van der Waals surface area (Å²) < 4.78 is 5.23. The first-order valence-electron chi connectivity index (χ1n) is 3.25. The van der Waals surface area contributed by atoms with Crippen molar-refractivity contribution < 1.29 is 4.74 Å². The Bertz CT molecular complexity index is 181. The fourth-order valence-electron chi connectivity index (χ4n) is 0.698. The zero-order valence-electron chi connectivity index (χ0n) is 6.42. The van der Waals surface area contributed by atoms with Crippen molar-refractivity contribution in [2.45, 2.75) is 26.9 Å². The quantitative estimate of drug-likeness (QED) is 0.500. The molecular formula is C7H11NOS. The molecule has 0 radical (unpaired) electrons. The first-order valence-corrected chi connectivity index (χ1v) is 3.66. The normalized spacial score (nSPS) is 25.1. The third kappa shape index (κ3) is 1.53. The second kappa shape index (κ2) is 2.31. The first kappa shape index (κ1) is 7.66. The van der Waals surface area contributed by atoms with Gasteiger partial charge in [-0.3, -0.25) is 0 Å². The smallest absolute Gasteiger partial charge is 0.283 e. The van der Waals surface area contributed by atoms with E-state index in [-0.39, 0.29) is 11.5 Å². The molecule has 0 spiro atoms. The topological polar surface area (TPSA) is 21.6 Å². The average molecular weight is 157 g/mol. The molecule has 0 aromatic rings. The molecule has 1 rings (SSSR count). The summed E-state index contributed by atoms with van der Waals surface area (Å²) in [6.07, 6.45) is 1.82. The lowest BCUT2D eigenvalue weighted by molar-refractivity contribution is 0.150. The van der Waals surface area contributed by atoms with Gasteiger partial charge in [0.05, 0.1) is 6.21 Å². The highest BCUT2D eigenvalue weighted by molar-refractivity contribution is 7.80. The molecule has 1 unspecified atom stereocenters. The van der Waals surface area contributed by atoms with Crippen LogP contribution in [0.4, 0.5) is 0 Å². The monoisotopic (exact) mass is 157 g/mol. The van der Waals surface area contributed by atoms with Crippen molar-refractivity contribution >= 4 is 23.6 Å². The summed E-state index contributed by atoms with van der Waals surface area (Å²) in [6.45, 7) is 6.28. The minimum atomic E-state index is 0.0556.